The number of carbonyl (C=O) groups is 1. The van der Waals surface area contributed by atoms with Crippen molar-refractivity contribution >= 4 is 11.6 Å². The van der Waals surface area contributed by atoms with Crippen molar-refractivity contribution in [3.8, 4) is 0 Å². The Morgan fingerprint density at radius 1 is 1.11 bits per heavy atom. The monoisotopic (exact) mass is 396 g/mol. The fourth-order valence-electron chi connectivity index (χ4n) is 4.77. The van der Waals surface area contributed by atoms with Crippen LogP contribution in [0.4, 0.5) is 18.9 Å². The van der Waals surface area contributed by atoms with Crippen LogP contribution in [0.25, 0.3) is 0 Å². The van der Waals surface area contributed by atoms with Gasteiger partial charge in [0, 0.05) is 19.3 Å². The quantitative estimate of drug-likeness (QED) is 0.833. The molecule has 1 aromatic carbocycles. The Morgan fingerprint density at radius 2 is 1.75 bits per heavy atom. The molecule has 2 aliphatic heterocycles. The Kier molecular flexibility index (Phi) is 4.41. The van der Waals surface area contributed by atoms with Gasteiger partial charge in [-0.3, -0.25) is 9.80 Å². The maximum Gasteiger partial charge on any atom is 0.416 e. The molecule has 2 heterocycles. The molecular formula is C19H23F3N4O2. The first-order valence-corrected chi connectivity index (χ1v) is 9.47. The molecule has 28 heavy (non-hydrogen) atoms. The average Bonchev–Trinajstić information content (AvgIpc) is 3.22. The number of hydrogen-bond acceptors (Lipinski definition) is 5. The standard InChI is InChI=1S/C19H23F3N4O2/c1-25-15(12-23-24-25)18(28)8-6-17(7-9-18)10-11-26(16(17)27)14-4-2-13(3-5-14)19(20,21)22/h2-5,15,28H,6-12H2,1H3. The molecule has 1 unspecified atom stereocenters. The molecule has 1 saturated carbocycles. The van der Waals surface area contributed by atoms with Gasteiger partial charge in [0.15, 0.2) is 0 Å². The van der Waals surface area contributed by atoms with Gasteiger partial charge < -0.3 is 10.0 Å². The lowest BCUT2D eigenvalue weighted by atomic mass is 9.65. The van der Waals surface area contributed by atoms with E-state index in [4.69, 9.17) is 0 Å². The zero-order chi connectivity index (χ0) is 20.2. The number of alkyl halides is 3. The first-order chi connectivity index (χ1) is 13.1. The van der Waals surface area contributed by atoms with Crippen molar-refractivity contribution < 1.29 is 23.1 Å². The third-order valence-corrected chi connectivity index (χ3v) is 6.62. The van der Waals surface area contributed by atoms with E-state index in [0.717, 1.165) is 12.1 Å². The number of carbonyl (C=O) groups excluding carboxylic acids is 1. The van der Waals surface area contributed by atoms with E-state index in [1.807, 2.05) is 0 Å². The molecule has 1 N–H and O–H groups in total. The van der Waals surface area contributed by atoms with E-state index in [9.17, 15) is 23.1 Å². The van der Waals surface area contributed by atoms with E-state index in [1.165, 1.54) is 12.1 Å². The number of halogens is 3. The molecule has 9 heteroatoms. The Hall–Kier alpha value is -2.16. The zero-order valence-electron chi connectivity index (χ0n) is 15.6. The number of anilines is 1. The predicted octanol–water partition coefficient (Wildman–Crippen LogP) is 3.41. The molecule has 1 saturated heterocycles. The fraction of sp³-hybridized carbons (Fsp3) is 0.632. The minimum atomic E-state index is -4.39. The highest BCUT2D eigenvalue weighted by Gasteiger charge is 2.54. The second kappa shape index (κ2) is 6.43. The molecule has 0 bridgehead atoms. The van der Waals surface area contributed by atoms with Crippen LogP contribution < -0.4 is 4.90 Å². The van der Waals surface area contributed by atoms with Crippen LogP contribution in [0.5, 0.6) is 0 Å². The molecule has 1 spiro atoms. The Bertz CT molecular complexity index is 785. The molecule has 1 atom stereocenters. The second-order valence-corrected chi connectivity index (χ2v) is 8.14. The van der Waals surface area contributed by atoms with Gasteiger partial charge in [-0.15, -0.1) is 0 Å². The molecule has 152 valence electrons. The summed E-state index contributed by atoms with van der Waals surface area (Å²) in [6.07, 6.45) is -1.65. The van der Waals surface area contributed by atoms with Gasteiger partial charge in [-0.1, -0.05) is 5.22 Å². The van der Waals surface area contributed by atoms with E-state index >= 15 is 0 Å². The third-order valence-electron chi connectivity index (χ3n) is 6.62. The molecular weight excluding hydrogens is 373 g/mol. The number of nitrogens with zero attached hydrogens (tertiary/aromatic N) is 4. The highest BCUT2D eigenvalue weighted by Crippen LogP contribution is 2.50. The number of rotatable bonds is 2. The maximum absolute atomic E-state index is 13.1. The van der Waals surface area contributed by atoms with Gasteiger partial charge in [-0.05, 0) is 56.4 Å². The van der Waals surface area contributed by atoms with Crippen molar-refractivity contribution in [1.82, 2.24) is 5.01 Å². The first kappa shape index (κ1) is 19.2. The average molecular weight is 396 g/mol. The van der Waals surface area contributed by atoms with Gasteiger partial charge in [0.25, 0.3) is 0 Å². The summed E-state index contributed by atoms with van der Waals surface area (Å²) in [6, 6.07) is 4.56. The second-order valence-electron chi connectivity index (χ2n) is 8.14. The zero-order valence-corrected chi connectivity index (χ0v) is 15.6. The SMILES string of the molecule is CN1N=NCC1C1(O)CCC2(CCN(c3ccc(C(F)(F)F)cc3)C2=O)CC1. The number of likely N-dealkylation sites (N-methyl/N-ethyl adjacent to an activating group) is 1. The van der Waals surface area contributed by atoms with Crippen LogP contribution in [0.1, 0.15) is 37.7 Å². The van der Waals surface area contributed by atoms with Gasteiger partial charge in [0.05, 0.1) is 29.2 Å². The van der Waals surface area contributed by atoms with Crippen LogP contribution >= 0.6 is 0 Å². The van der Waals surface area contributed by atoms with Crippen molar-refractivity contribution in [3.63, 3.8) is 0 Å². The van der Waals surface area contributed by atoms with E-state index < -0.39 is 22.8 Å². The Balaban J connectivity index is 1.46. The van der Waals surface area contributed by atoms with E-state index in [1.54, 1.807) is 17.0 Å². The summed E-state index contributed by atoms with van der Waals surface area (Å²) in [6.45, 7) is 0.933. The molecule has 2 fully saturated rings. The third kappa shape index (κ3) is 3.05. The lowest BCUT2D eigenvalue weighted by molar-refractivity contribution is -0.137. The van der Waals surface area contributed by atoms with E-state index in [-0.39, 0.29) is 11.9 Å². The van der Waals surface area contributed by atoms with E-state index in [2.05, 4.69) is 10.3 Å². The van der Waals surface area contributed by atoms with Crippen molar-refractivity contribution in [2.24, 2.45) is 15.8 Å². The molecule has 1 amide bonds. The molecule has 0 aromatic heterocycles. The normalized spacial score (nSPS) is 33.3. The van der Waals surface area contributed by atoms with Crippen LogP contribution in [0, 0.1) is 5.41 Å². The lowest BCUT2D eigenvalue weighted by Gasteiger charge is -2.44. The topological polar surface area (TPSA) is 68.5 Å². The first-order valence-electron chi connectivity index (χ1n) is 9.47. The lowest BCUT2D eigenvalue weighted by Crippen LogP contribution is -2.54. The summed E-state index contributed by atoms with van der Waals surface area (Å²) in [5.74, 6) is -0.0524. The molecule has 1 aliphatic carbocycles. The smallest absolute Gasteiger partial charge is 0.388 e. The summed E-state index contributed by atoms with van der Waals surface area (Å²) in [5, 5.41) is 20.7. The minimum absolute atomic E-state index is 0.0524. The maximum atomic E-state index is 13.1. The van der Waals surface area contributed by atoms with Crippen LogP contribution in [0.2, 0.25) is 0 Å². The van der Waals surface area contributed by atoms with Crippen molar-refractivity contribution in [2.75, 3.05) is 25.0 Å². The van der Waals surface area contributed by atoms with Gasteiger partial charge in [0.2, 0.25) is 5.91 Å². The molecule has 0 radical (unpaired) electrons. The van der Waals surface area contributed by atoms with Crippen molar-refractivity contribution in [2.45, 2.75) is 49.9 Å². The van der Waals surface area contributed by atoms with Crippen LogP contribution in [-0.4, -0.2) is 47.8 Å². The summed E-state index contributed by atoms with van der Waals surface area (Å²) >= 11 is 0. The van der Waals surface area contributed by atoms with Crippen molar-refractivity contribution in [3.05, 3.63) is 29.8 Å². The number of benzene rings is 1. The van der Waals surface area contributed by atoms with E-state index in [0.29, 0.717) is 50.9 Å². The minimum Gasteiger partial charge on any atom is -0.388 e. The summed E-state index contributed by atoms with van der Waals surface area (Å²) in [4.78, 5) is 14.7. The summed E-state index contributed by atoms with van der Waals surface area (Å²) in [5.41, 5.74) is -1.70. The van der Waals surface area contributed by atoms with Crippen molar-refractivity contribution in [1.29, 1.82) is 0 Å². The van der Waals surface area contributed by atoms with Gasteiger partial charge in [-0.25, -0.2) is 0 Å². The summed E-state index contributed by atoms with van der Waals surface area (Å²) in [7, 11) is 1.79. The number of hydrogen-bond donors (Lipinski definition) is 1. The Morgan fingerprint density at radius 3 is 2.29 bits per heavy atom. The highest BCUT2D eigenvalue weighted by molar-refractivity contribution is 6.00. The molecule has 6 nitrogen and oxygen atoms in total. The van der Waals surface area contributed by atoms with Gasteiger partial charge >= 0.3 is 6.18 Å². The molecule has 4 rings (SSSR count). The Labute approximate surface area is 161 Å². The fourth-order valence-corrected chi connectivity index (χ4v) is 4.77. The number of amides is 1. The van der Waals surface area contributed by atoms with Gasteiger partial charge in [0.1, 0.15) is 0 Å². The highest BCUT2D eigenvalue weighted by atomic mass is 19.4. The van der Waals surface area contributed by atoms with Crippen LogP contribution in [0.15, 0.2) is 34.6 Å². The number of aliphatic hydroxyl groups is 1. The van der Waals surface area contributed by atoms with Crippen LogP contribution in [-0.2, 0) is 11.0 Å². The summed E-state index contributed by atoms with van der Waals surface area (Å²) < 4.78 is 38.3. The molecule has 1 aromatic rings. The molecule has 3 aliphatic rings. The van der Waals surface area contributed by atoms with Crippen LogP contribution in [0.3, 0.4) is 0 Å². The van der Waals surface area contributed by atoms with Gasteiger partial charge in [-0.2, -0.15) is 18.3 Å². The predicted molar refractivity (Wildman–Crippen MR) is 95.5 cm³/mol. The largest absolute Gasteiger partial charge is 0.416 e.